The molecular weight excluding hydrogens is 314 g/mol. The molecule has 0 saturated carbocycles. The largest absolute Gasteiger partial charge is 0.469 e. The van der Waals surface area contributed by atoms with E-state index in [0.717, 1.165) is 0 Å². The number of ether oxygens (including phenoxy) is 2. The van der Waals surface area contributed by atoms with Crippen LogP contribution in [0.2, 0.25) is 0 Å². The van der Waals surface area contributed by atoms with Gasteiger partial charge in [-0.2, -0.15) is 0 Å². The minimum absolute atomic E-state index is 0.137. The van der Waals surface area contributed by atoms with Gasteiger partial charge in [0, 0.05) is 0 Å². The molecule has 1 unspecified atom stereocenters. The monoisotopic (exact) mass is 331 g/mol. The van der Waals surface area contributed by atoms with Crippen LogP contribution in [0.4, 0.5) is 4.79 Å². The second kappa shape index (κ2) is 4.81. The van der Waals surface area contributed by atoms with Crippen molar-refractivity contribution in [2.75, 3.05) is 7.11 Å². The molecule has 1 amide bonds. The number of amides is 1. The highest BCUT2D eigenvalue weighted by molar-refractivity contribution is 9.09. The summed E-state index contributed by atoms with van der Waals surface area (Å²) in [6.45, 7) is 5.46. The SMILES string of the molecule is COC(=O)C1[C@H]2C=C[C@@H]([C@H]1Br)N2C(=O)OC(C)(C)C. The van der Waals surface area contributed by atoms with Crippen LogP contribution in [0.15, 0.2) is 12.2 Å². The first-order valence-electron chi connectivity index (χ1n) is 6.18. The molecule has 0 aromatic carbocycles. The zero-order valence-electron chi connectivity index (χ0n) is 11.4. The number of fused-ring (bicyclic) bond motifs is 2. The minimum Gasteiger partial charge on any atom is -0.469 e. The molecule has 0 aromatic heterocycles. The highest BCUT2D eigenvalue weighted by Gasteiger charge is 2.55. The summed E-state index contributed by atoms with van der Waals surface area (Å²) >= 11 is 3.49. The summed E-state index contributed by atoms with van der Waals surface area (Å²) < 4.78 is 10.2. The number of nitrogens with zero attached hydrogens (tertiary/aromatic N) is 1. The summed E-state index contributed by atoms with van der Waals surface area (Å²) in [6, 6.07) is -0.458. The maximum absolute atomic E-state index is 12.2. The fourth-order valence-corrected chi connectivity index (χ4v) is 3.49. The highest BCUT2D eigenvalue weighted by Crippen LogP contribution is 2.42. The number of rotatable bonds is 1. The average Bonchev–Trinajstić information content (AvgIpc) is 2.81. The third-order valence-corrected chi connectivity index (χ3v) is 4.37. The number of halogens is 1. The molecule has 0 spiro atoms. The second-order valence-electron chi connectivity index (χ2n) is 5.75. The Morgan fingerprint density at radius 1 is 1.21 bits per heavy atom. The van der Waals surface area contributed by atoms with Crippen molar-refractivity contribution in [3.63, 3.8) is 0 Å². The van der Waals surface area contributed by atoms with E-state index in [1.807, 2.05) is 32.9 Å². The van der Waals surface area contributed by atoms with Crippen LogP contribution in [0.1, 0.15) is 20.8 Å². The first-order valence-corrected chi connectivity index (χ1v) is 7.09. The van der Waals surface area contributed by atoms with Gasteiger partial charge in [0.15, 0.2) is 0 Å². The van der Waals surface area contributed by atoms with E-state index in [-0.39, 0.29) is 28.8 Å². The Morgan fingerprint density at radius 2 is 1.79 bits per heavy atom. The maximum Gasteiger partial charge on any atom is 0.411 e. The predicted molar refractivity (Wildman–Crippen MR) is 73.0 cm³/mol. The molecule has 6 heteroatoms. The number of carbonyl (C=O) groups is 2. The molecule has 2 bridgehead atoms. The van der Waals surface area contributed by atoms with Gasteiger partial charge in [-0.25, -0.2) is 4.79 Å². The molecule has 0 aromatic rings. The van der Waals surface area contributed by atoms with Crippen LogP contribution in [-0.4, -0.2) is 46.6 Å². The molecule has 4 atom stereocenters. The molecule has 0 radical (unpaired) electrons. The van der Waals surface area contributed by atoms with Crippen molar-refractivity contribution >= 4 is 28.0 Å². The number of alkyl halides is 1. The molecule has 0 aliphatic carbocycles. The van der Waals surface area contributed by atoms with E-state index in [2.05, 4.69) is 15.9 Å². The molecule has 2 rings (SSSR count). The lowest BCUT2D eigenvalue weighted by atomic mass is 9.94. The molecular formula is C13H18BrNO4. The Hall–Kier alpha value is -1.04. The quantitative estimate of drug-likeness (QED) is 0.419. The molecule has 106 valence electrons. The van der Waals surface area contributed by atoms with Crippen LogP contribution in [0.5, 0.6) is 0 Å². The summed E-state index contributed by atoms with van der Waals surface area (Å²) in [5, 5.41) is 0. The van der Waals surface area contributed by atoms with E-state index in [9.17, 15) is 9.59 Å². The minimum atomic E-state index is -0.554. The lowest BCUT2D eigenvalue weighted by molar-refractivity contribution is -0.145. The van der Waals surface area contributed by atoms with Gasteiger partial charge in [0.2, 0.25) is 0 Å². The molecule has 19 heavy (non-hydrogen) atoms. The average molecular weight is 332 g/mol. The summed E-state index contributed by atoms with van der Waals surface area (Å²) in [7, 11) is 1.36. The first kappa shape index (κ1) is 14.4. The van der Waals surface area contributed by atoms with Crippen molar-refractivity contribution in [3.05, 3.63) is 12.2 Å². The molecule has 1 saturated heterocycles. The topological polar surface area (TPSA) is 55.8 Å². The van der Waals surface area contributed by atoms with Crippen LogP contribution in [0.3, 0.4) is 0 Å². The van der Waals surface area contributed by atoms with Gasteiger partial charge in [0.05, 0.1) is 29.9 Å². The van der Waals surface area contributed by atoms with Crippen LogP contribution in [0.25, 0.3) is 0 Å². The van der Waals surface area contributed by atoms with Gasteiger partial charge < -0.3 is 9.47 Å². The molecule has 2 aliphatic heterocycles. The normalized spacial score (nSPS) is 32.6. The third kappa shape index (κ3) is 2.50. The number of hydrogen-bond acceptors (Lipinski definition) is 4. The summed E-state index contributed by atoms with van der Waals surface area (Å²) in [4.78, 5) is 25.5. The van der Waals surface area contributed by atoms with Crippen LogP contribution in [0, 0.1) is 5.92 Å². The zero-order chi connectivity index (χ0) is 14.4. The van der Waals surface area contributed by atoms with Crippen molar-refractivity contribution in [1.82, 2.24) is 4.90 Å². The van der Waals surface area contributed by atoms with Crippen LogP contribution < -0.4 is 0 Å². The Labute approximate surface area is 121 Å². The van der Waals surface area contributed by atoms with Gasteiger partial charge in [0.25, 0.3) is 0 Å². The van der Waals surface area contributed by atoms with Crippen molar-refractivity contribution in [2.45, 2.75) is 43.3 Å². The van der Waals surface area contributed by atoms with Crippen molar-refractivity contribution < 1.29 is 19.1 Å². The van der Waals surface area contributed by atoms with Crippen molar-refractivity contribution in [2.24, 2.45) is 5.92 Å². The molecule has 2 heterocycles. The van der Waals surface area contributed by atoms with Gasteiger partial charge in [-0.3, -0.25) is 9.69 Å². The fraction of sp³-hybridized carbons (Fsp3) is 0.692. The van der Waals surface area contributed by atoms with Gasteiger partial charge in [0.1, 0.15) is 5.60 Å². The van der Waals surface area contributed by atoms with E-state index in [1.54, 1.807) is 4.90 Å². The number of hydrogen-bond donors (Lipinski definition) is 0. The smallest absolute Gasteiger partial charge is 0.411 e. The lowest BCUT2D eigenvalue weighted by Crippen LogP contribution is -2.42. The molecule has 5 nitrogen and oxygen atoms in total. The number of carbonyl (C=O) groups excluding carboxylic acids is 2. The summed E-state index contributed by atoms with van der Waals surface area (Å²) in [5.74, 6) is -0.695. The van der Waals surface area contributed by atoms with Crippen molar-refractivity contribution in [3.8, 4) is 0 Å². The van der Waals surface area contributed by atoms with E-state index in [0.29, 0.717) is 0 Å². The maximum atomic E-state index is 12.2. The lowest BCUT2D eigenvalue weighted by Gasteiger charge is -2.27. The molecule has 1 fully saturated rings. The Bertz CT molecular complexity index is 429. The third-order valence-electron chi connectivity index (χ3n) is 3.26. The molecule has 0 N–H and O–H groups in total. The predicted octanol–water partition coefficient (Wildman–Crippen LogP) is 2.10. The van der Waals surface area contributed by atoms with Crippen LogP contribution >= 0.6 is 15.9 Å². The summed E-state index contributed by atoms with van der Waals surface area (Å²) in [6.07, 6.45) is 3.39. The van der Waals surface area contributed by atoms with Gasteiger partial charge in [-0.05, 0) is 20.8 Å². The van der Waals surface area contributed by atoms with Gasteiger partial charge in [-0.15, -0.1) is 0 Å². The Balaban J connectivity index is 2.18. The highest BCUT2D eigenvalue weighted by atomic mass is 79.9. The van der Waals surface area contributed by atoms with E-state index < -0.39 is 11.7 Å². The summed E-state index contributed by atoms with van der Waals surface area (Å²) in [5.41, 5.74) is -0.554. The van der Waals surface area contributed by atoms with Gasteiger partial charge >= 0.3 is 12.1 Å². The van der Waals surface area contributed by atoms with E-state index in [4.69, 9.17) is 9.47 Å². The first-order chi connectivity index (χ1) is 8.76. The molecule has 2 aliphatic rings. The van der Waals surface area contributed by atoms with Gasteiger partial charge in [-0.1, -0.05) is 28.1 Å². The fourth-order valence-electron chi connectivity index (χ4n) is 2.53. The second-order valence-corrected chi connectivity index (χ2v) is 6.80. The Morgan fingerprint density at radius 3 is 2.32 bits per heavy atom. The zero-order valence-corrected chi connectivity index (χ0v) is 13.0. The number of esters is 1. The van der Waals surface area contributed by atoms with E-state index in [1.165, 1.54) is 7.11 Å². The standard InChI is InChI=1S/C13H18BrNO4/c1-13(2,3)19-12(17)15-7-5-6-8(15)10(14)9(7)11(16)18-4/h5-10H,1-4H3/t7-,8+,9?,10-/m1/s1. The number of methoxy groups -OCH3 is 1. The van der Waals surface area contributed by atoms with E-state index >= 15 is 0 Å². The van der Waals surface area contributed by atoms with Crippen LogP contribution in [-0.2, 0) is 14.3 Å². The Kier molecular flexibility index (Phi) is 3.64. The van der Waals surface area contributed by atoms with Crippen molar-refractivity contribution in [1.29, 1.82) is 0 Å².